The van der Waals surface area contributed by atoms with Gasteiger partial charge in [0.25, 0.3) is 0 Å². The summed E-state index contributed by atoms with van der Waals surface area (Å²) in [5.41, 5.74) is 4.66. The van der Waals surface area contributed by atoms with Crippen LogP contribution in [-0.2, 0) is 4.65 Å². The zero-order valence-electron chi connectivity index (χ0n) is 26.5. The molecule has 3 aromatic heterocycles. The lowest BCUT2D eigenvalue weighted by atomic mass is 9.82. The van der Waals surface area contributed by atoms with E-state index in [4.69, 9.17) is 28.4 Å². The number of hydrogen-bond acceptors (Lipinski definition) is 7. The van der Waals surface area contributed by atoms with Crippen LogP contribution in [-0.4, -0.2) is 38.7 Å². The average molecular weight is 617 g/mol. The van der Waals surface area contributed by atoms with E-state index in [0.29, 0.717) is 17.5 Å². The Morgan fingerprint density at radius 3 is 1.64 bits per heavy atom. The molecule has 0 saturated heterocycles. The summed E-state index contributed by atoms with van der Waals surface area (Å²) < 4.78 is 18.5. The van der Waals surface area contributed by atoms with Crippen LogP contribution in [0.1, 0.15) is 27.7 Å². The normalized spacial score (nSPS) is 12.4. The SMILES string of the molecule is CC(C)(O)C(C)(C)O[B]c1ccc2c(c1)oc1cc(-c3nc(-c4ccccc4)nc(-c4ccc5c(c4)oc4ccccc45)n3)ccc12. The molecule has 0 aliphatic rings. The zero-order chi connectivity index (χ0) is 32.3. The van der Waals surface area contributed by atoms with Crippen molar-refractivity contribution in [2.24, 2.45) is 0 Å². The highest BCUT2D eigenvalue weighted by Crippen LogP contribution is 2.34. The minimum atomic E-state index is -1.02. The van der Waals surface area contributed by atoms with Gasteiger partial charge in [-0.1, -0.05) is 72.8 Å². The predicted octanol–water partition coefficient (Wildman–Crippen LogP) is 8.48. The fourth-order valence-corrected chi connectivity index (χ4v) is 5.58. The monoisotopic (exact) mass is 616 g/mol. The van der Waals surface area contributed by atoms with Gasteiger partial charge in [-0.15, -0.1) is 0 Å². The van der Waals surface area contributed by atoms with E-state index < -0.39 is 11.2 Å². The zero-order valence-corrected chi connectivity index (χ0v) is 26.5. The minimum absolute atomic E-state index is 0.539. The molecule has 7 nitrogen and oxygen atoms in total. The number of hydrogen-bond donors (Lipinski definition) is 1. The molecule has 47 heavy (non-hydrogen) atoms. The quantitative estimate of drug-likeness (QED) is 0.180. The third kappa shape index (κ3) is 5.25. The summed E-state index contributed by atoms with van der Waals surface area (Å²) in [6.07, 6.45) is 0. The van der Waals surface area contributed by atoms with Gasteiger partial charge in [0.05, 0.1) is 11.2 Å². The highest BCUT2D eigenvalue weighted by molar-refractivity contribution is 6.47. The molecule has 0 aliphatic carbocycles. The average Bonchev–Trinajstić information content (AvgIpc) is 3.64. The Kier molecular flexibility index (Phi) is 6.75. The maximum atomic E-state index is 10.5. The minimum Gasteiger partial charge on any atom is -0.456 e. The molecule has 0 unspecified atom stereocenters. The molecule has 5 aromatic carbocycles. The van der Waals surface area contributed by atoms with Crippen LogP contribution in [0.5, 0.6) is 0 Å². The highest BCUT2D eigenvalue weighted by atomic mass is 16.5. The largest absolute Gasteiger partial charge is 0.456 e. The van der Waals surface area contributed by atoms with Crippen molar-refractivity contribution in [2.75, 3.05) is 0 Å². The molecule has 0 amide bonds. The van der Waals surface area contributed by atoms with Crippen molar-refractivity contribution in [1.29, 1.82) is 0 Å². The third-order valence-corrected chi connectivity index (χ3v) is 9.02. The number of rotatable bonds is 7. The van der Waals surface area contributed by atoms with E-state index in [1.54, 1.807) is 21.3 Å². The molecule has 0 aliphatic heterocycles. The van der Waals surface area contributed by atoms with Gasteiger partial charge < -0.3 is 18.6 Å². The maximum Gasteiger partial charge on any atom is 0.331 e. The lowest BCUT2D eigenvalue weighted by Crippen LogP contribution is -2.49. The lowest BCUT2D eigenvalue weighted by Gasteiger charge is -2.37. The summed E-state index contributed by atoms with van der Waals surface area (Å²) in [6.45, 7) is 7.19. The molecular weight excluding hydrogens is 585 g/mol. The Labute approximate surface area is 272 Å². The molecule has 229 valence electrons. The molecule has 0 bridgehead atoms. The Balaban J connectivity index is 1.20. The highest BCUT2D eigenvalue weighted by Gasteiger charge is 2.35. The van der Waals surface area contributed by atoms with Crippen molar-refractivity contribution >= 4 is 56.8 Å². The fourth-order valence-electron chi connectivity index (χ4n) is 5.58. The number of aromatic nitrogens is 3. The summed E-state index contributed by atoms with van der Waals surface area (Å²) in [7, 11) is 1.66. The molecule has 8 aromatic rings. The third-order valence-electron chi connectivity index (χ3n) is 9.02. The van der Waals surface area contributed by atoms with Gasteiger partial charge >= 0.3 is 7.48 Å². The van der Waals surface area contributed by atoms with Crippen LogP contribution in [0, 0.1) is 0 Å². The van der Waals surface area contributed by atoms with Gasteiger partial charge in [0.2, 0.25) is 0 Å². The Hall–Kier alpha value is -5.31. The van der Waals surface area contributed by atoms with Crippen LogP contribution in [0.2, 0.25) is 0 Å². The first-order valence-electron chi connectivity index (χ1n) is 15.6. The summed E-state index contributed by atoms with van der Waals surface area (Å²) in [5.74, 6) is 1.67. The molecule has 3 heterocycles. The number of aliphatic hydroxyl groups is 1. The number of furan rings is 2. The smallest absolute Gasteiger partial charge is 0.331 e. The van der Waals surface area contributed by atoms with Gasteiger partial charge in [0.15, 0.2) is 17.5 Å². The van der Waals surface area contributed by atoms with Crippen molar-refractivity contribution in [3.63, 3.8) is 0 Å². The second-order valence-corrected chi connectivity index (χ2v) is 12.9. The molecule has 0 saturated carbocycles. The van der Waals surface area contributed by atoms with Gasteiger partial charge in [-0.2, -0.15) is 0 Å². The number of para-hydroxylation sites is 1. The van der Waals surface area contributed by atoms with Gasteiger partial charge in [0, 0.05) is 38.2 Å². The summed E-state index contributed by atoms with van der Waals surface area (Å²) >= 11 is 0. The van der Waals surface area contributed by atoms with E-state index >= 15 is 0 Å². The molecule has 1 N–H and O–H groups in total. The second-order valence-electron chi connectivity index (χ2n) is 12.9. The fraction of sp³-hybridized carbons (Fsp3) is 0.154. The Morgan fingerprint density at radius 2 is 1.02 bits per heavy atom. The van der Waals surface area contributed by atoms with Gasteiger partial charge in [-0.05, 0) is 69.6 Å². The van der Waals surface area contributed by atoms with E-state index in [2.05, 4.69) is 12.1 Å². The number of benzene rings is 5. The topological polar surface area (TPSA) is 94.4 Å². The van der Waals surface area contributed by atoms with Crippen LogP contribution in [0.3, 0.4) is 0 Å². The van der Waals surface area contributed by atoms with Crippen LogP contribution in [0.4, 0.5) is 0 Å². The van der Waals surface area contributed by atoms with Crippen LogP contribution >= 0.6 is 0 Å². The van der Waals surface area contributed by atoms with E-state index in [9.17, 15) is 5.11 Å². The van der Waals surface area contributed by atoms with Gasteiger partial charge in [0.1, 0.15) is 22.3 Å². The summed E-state index contributed by atoms with van der Waals surface area (Å²) in [6, 6.07) is 36.0. The molecule has 0 atom stereocenters. The van der Waals surface area contributed by atoms with E-state index in [-0.39, 0.29) is 0 Å². The van der Waals surface area contributed by atoms with Gasteiger partial charge in [-0.25, -0.2) is 15.0 Å². The Bertz CT molecular complexity index is 2440. The Morgan fingerprint density at radius 1 is 0.532 bits per heavy atom. The van der Waals surface area contributed by atoms with Crippen LogP contribution < -0.4 is 5.46 Å². The van der Waals surface area contributed by atoms with Crippen molar-refractivity contribution < 1.29 is 18.6 Å². The molecule has 0 spiro atoms. The predicted molar refractivity (Wildman–Crippen MR) is 188 cm³/mol. The van der Waals surface area contributed by atoms with Crippen molar-refractivity contribution in [2.45, 2.75) is 38.9 Å². The van der Waals surface area contributed by atoms with Crippen molar-refractivity contribution in [3.8, 4) is 34.2 Å². The molecular formula is C39H31BN3O4. The first kappa shape index (κ1) is 29.1. The van der Waals surface area contributed by atoms with Crippen molar-refractivity contribution in [1.82, 2.24) is 15.0 Å². The lowest BCUT2D eigenvalue weighted by molar-refractivity contribution is -0.0893. The summed E-state index contributed by atoms with van der Waals surface area (Å²) in [5, 5.41) is 14.6. The van der Waals surface area contributed by atoms with Crippen LogP contribution in [0.15, 0.2) is 118 Å². The molecule has 8 rings (SSSR count). The van der Waals surface area contributed by atoms with E-state index in [0.717, 1.165) is 66.0 Å². The van der Waals surface area contributed by atoms with E-state index in [1.807, 2.05) is 111 Å². The molecule has 0 fully saturated rings. The van der Waals surface area contributed by atoms with Crippen LogP contribution in [0.25, 0.3) is 78.0 Å². The maximum absolute atomic E-state index is 10.5. The van der Waals surface area contributed by atoms with Crippen molar-refractivity contribution in [3.05, 3.63) is 109 Å². The molecule has 1 radical (unpaired) electrons. The van der Waals surface area contributed by atoms with E-state index in [1.165, 1.54) is 0 Å². The summed E-state index contributed by atoms with van der Waals surface area (Å²) in [4.78, 5) is 14.8. The first-order chi connectivity index (χ1) is 22.6. The number of fused-ring (bicyclic) bond motifs is 6. The first-order valence-corrected chi connectivity index (χ1v) is 15.6. The molecule has 8 heteroatoms. The second kappa shape index (κ2) is 10.9. The van der Waals surface area contributed by atoms with Gasteiger partial charge in [-0.3, -0.25) is 0 Å². The number of nitrogens with zero attached hydrogens (tertiary/aromatic N) is 3. The standard InChI is InChI=1S/C39H31BN3O4/c1-38(2,44)39(3,4)47-40-26-16-19-30-29-18-15-25(21-33(29)46-34(30)22-26)37-42-35(23-10-6-5-7-11-23)41-36(43-37)24-14-17-28-27-12-8-9-13-31(27)45-32(28)20-24/h5-22,44H,1-4H3.